The molecule has 2 heteroatoms. The quantitative estimate of drug-likeness (QED) is 0.479. The van der Waals surface area contributed by atoms with Crippen LogP contribution in [0.4, 0.5) is 0 Å². The maximum atomic E-state index is 9.20. The summed E-state index contributed by atoms with van der Waals surface area (Å²) >= 11 is 0. The van der Waals surface area contributed by atoms with Gasteiger partial charge in [-0.3, -0.25) is 0 Å². The summed E-state index contributed by atoms with van der Waals surface area (Å²) in [7, 11) is 1.83. The van der Waals surface area contributed by atoms with Crippen molar-refractivity contribution < 1.29 is 5.11 Å². The van der Waals surface area contributed by atoms with Crippen molar-refractivity contribution in [1.29, 1.82) is 0 Å². The molecule has 0 saturated heterocycles. The first-order valence-electron chi connectivity index (χ1n) is 3.34. The molecule has 0 radical (unpaired) electrons. The highest BCUT2D eigenvalue weighted by Gasteiger charge is 2.03. The van der Waals surface area contributed by atoms with Crippen molar-refractivity contribution in [3.8, 4) is 0 Å². The lowest BCUT2D eigenvalue weighted by atomic mass is 10.3. The van der Waals surface area contributed by atoms with Gasteiger partial charge in [-0.05, 0) is 19.9 Å². The summed E-state index contributed by atoms with van der Waals surface area (Å²) in [6.07, 6.45) is 3.13. The van der Waals surface area contributed by atoms with Crippen LogP contribution in [0.25, 0.3) is 0 Å². The lowest BCUT2D eigenvalue weighted by molar-refractivity contribution is 0.200. The van der Waals surface area contributed by atoms with E-state index in [0.717, 1.165) is 0 Å². The smallest absolute Gasteiger partial charge is 0.186 e. The number of aliphatic hydroxyl groups is 1. The topological polar surface area (TPSA) is 23.5 Å². The minimum atomic E-state index is 0.255. The van der Waals surface area contributed by atoms with E-state index in [-0.39, 0.29) is 5.88 Å². The van der Waals surface area contributed by atoms with Gasteiger partial charge in [-0.15, -0.1) is 0 Å². The second-order valence-corrected chi connectivity index (χ2v) is 2.47. The normalized spacial score (nSPS) is 11.8. The van der Waals surface area contributed by atoms with Gasteiger partial charge in [0.05, 0.1) is 0 Å². The predicted octanol–water partition coefficient (Wildman–Crippen LogP) is 1.91. The second kappa shape index (κ2) is 3.99. The Balaban J connectivity index is 4.06. The van der Waals surface area contributed by atoms with Gasteiger partial charge in [0, 0.05) is 13.1 Å². The van der Waals surface area contributed by atoms with Gasteiger partial charge in [0.2, 0.25) is 0 Å². The van der Waals surface area contributed by atoms with Crippen molar-refractivity contribution in [3.63, 3.8) is 0 Å². The standard InChI is InChI=1S/C8H15NO/c1-5-6-8(10)9(4)7(2)3/h5-7,10H,1H2,2-4H3/b8-6+. The van der Waals surface area contributed by atoms with E-state index < -0.39 is 0 Å². The summed E-state index contributed by atoms with van der Waals surface area (Å²) in [6.45, 7) is 7.49. The van der Waals surface area contributed by atoms with E-state index in [1.54, 1.807) is 17.1 Å². The van der Waals surface area contributed by atoms with Gasteiger partial charge in [0.1, 0.15) is 0 Å². The molecule has 0 aliphatic carbocycles. The highest BCUT2D eigenvalue weighted by atomic mass is 16.3. The molecule has 0 aliphatic rings. The van der Waals surface area contributed by atoms with Crippen molar-refractivity contribution in [2.24, 2.45) is 0 Å². The van der Waals surface area contributed by atoms with Crippen molar-refractivity contribution in [2.45, 2.75) is 19.9 Å². The van der Waals surface area contributed by atoms with Crippen LogP contribution in [-0.4, -0.2) is 23.1 Å². The fourth-order valence-electron chi connectivity index (χ4n) is 0.488. The van der Waals surface area contributed by atoms with Crippen LogP contribution in [0.1, 0.15) is 13.8 Å². The predicted molar refractivity (Wildman–Crippen MR) is 43.8 cm³/mol. The van der Waals surface area contributed by atoms with E-state index in [0.29, 0.717) is 6.04 Å². The summed E-state index contributed by atoms with van der Waals surface area (Å²) in [5, 5.41) is 9.20. The molecule has 2 nitrogen and oxygen atoms in total. The minimum Gasteiger partial charge on any atom is -0.495 e. The zero-order chi connectivity index (χ0) is 8.15. The molecule has 0 aromatic heterocycles. The third-order valence-corrected chi connectivity index (χ3v) is 1.40. The molecule has 0 amide bonds. The molecule has 0 unspecified atom stereocenters. The SMILES string of the molecule is C=C/C=C(/O)N(C)C(C)C. The molecule has 0 aromatic carbocycles. The zero-order valence-electron chi connectivity index (χ0n) is 6.83. The van der Waals surface area contributed by atoms with Crippen LogP contribution >= 0.6 is 0 Å². The molecular weight excluding hydrogens is 126 g/mol. The Bertz CT molecular complexity index is 138. The average Bonchev–Trinajstić information content (AvgIpc) is 1.87. The van der Waals surface area contributed by atoms with E-state index in [4.69, 9.17) is 0 Å². The molecule has 0 fully saturated rings. The average molecular weight is 141 g/mol. The van der Waals surface area contributed by atoms with Crippen LogP contribution < -0.4 is 0 Å². The van der Waals surface area contributed by atoms with Gasteiger partial charge in [-0.25, -0.2) is 0 Å². The van der Waals surface area contributed by atoms with Gasteiger partial charge in [0.15, 0.2) is 5.88 Å². The number of hydrogen-bond donors (Lipinski definition) is 1. The third-order valence-electron chi connectivity index (χ3n) is 1.40. The Morgan fingerprint density at radius 2 is 2.10 bits per heavy atom. The lowest BCUT2D eigenvalue weighted by Crippen LogP contribution is -2.25. The van der Waals surface area contributed by atoms with Gasteiger partial charge in [0.25, 0.3) is 0 Å². The van der Waals surface area contributed by atoms with E-state index >= 15 is 0 Å². The van der Waals surface area contributed by atoms with E-state index in [1.165, 1.54) is 0 Å². The highest BCUT2D eigenvalue weighted by molar-refractivity contribution is 5.02. The summed E-state index contributed by atoms with van der Waals surface area (Å²) < 4.78 is 0. The molecule has 10 heavy (non-hydrogen) atoms. The molecule has 0 aliphatic heterocycles. The van der Waals surface area contributed by atoms with Crippen LogP contribution in [0.3, 0.4) is 0 Å². The number of nitrogens with zero attached hydrogens (tertiary/aromatic N) is 1. The molecule has 0 bridgehead atoms. The molecule has 0 heterocycles. The van der Waals surface area contributed by atoms with Crippen LogP contribution in [0.2, 0.25) is 0 Å². The maximum Gasteiger partial charge on any atom is 0.186 e. The lowest BCUT2D eigenvalue weighted by Gasteiger charge is -2.21. The molecular formula is C8H15NO. The van der Waals surface area contributed by atoms with Crippen LogP contribution in [0.15, 0.2) is 24.6 Å². The fraction of sp³-hybridized carbons (Fsp3) is 0.500. The van der Waals surface area contributed by atoms with Crippen molar-refractivity contribution in [1.82, 2.24) is 4.90 Å². The molecule has 0 aromatic rings. The Hall–Kier alpha value is -0.920. The number of hydrogen-bond acceptors (Lipinski definition) is 2. The summed E-state index contributed by atoms with van der Waals surface area (Å²) in [5.41, 5.74) is 0. The van der Waals surface area contributed by atoms with Gasteiger partial charge >= 0.3 is 0 Å². The first-order chi connectivity index (χ1) is 4.59. The van der Waals surface area contributed by atoms with Crippen LogP contribution in [0.5, 0.6) is 0 Å². The van der Waals surface area contributed by atoms with E-state index in [9.17, 15) is 5.11 Å². The Morgan fingerprint density at radius 1 is 1.60 bits per heavy atom. The molecule has 0 atom stereocenters. The number of allylic oxidation sites excluding steroid dienone is 2. The summed E-state index contributed by atoms with van der Waals surface area (Å²) in [4.78, 5) is 1.77. The zero-order valence-corrected chi connectivity index (χ0v) is 6.83. The van der Waals surface area contributed by atoms with Crippen molar-refractivity contribution >= 4 is 0 Å². The molecule has 0 saturated carbocycles. The Kier molecular flexibility index (Phi) is 3.62. The van der Waals surface area contributed by atoms with Gasteiger partial charge < -0.3 is 10.0 Å². The number of rotatable bonds is 3. The second-order valence-electron chi connectivity index (χ2n) is 2.47. The largest absolute Gasteiger partial charge is 0.495 e. The third kappa shape index (κ3) is 2.58. The molecule has 58 valence electrons. The highest BCUT2D eigenvalue weighted by Crippen LogP contribution is 2.01. The van der Waals surface area contributed by atoms with Crippen molar-refractivity contribution in [3.05, 3.63) is 24.6 Å². The fourth-order valence-corrected chi connectivity index (χ4v) is 0.488. The number of aliphatic hydroxyl groups excluding tert-OH is 1. The Labute approximate surface area is 62.5 Å². The summed E-state index contributed by atoms with van der Waals surface area (Å²) in [5.74, 6) is 0.255. The monoisotopic (exact) mass is 141 g/mol. The summed E-state index contributed by atoms with van der Waals surface area (Å²) in [6, 6.07) is 0.316. The molecule has 0 rings (SSSR count). The molecule has 1 N–H and O–H groups in total. The molecule has 0 spiro atoms. The Morgan fingerprint density at radius 3 is 2.40 bits per heavy atom. The minimum absolute atomic E-state index is 0.255. The van der Waals surface area contributed by atoms with Crippen LogP contribution in [-0.2, 0) is 0 Å². The van der Waals surface area contributed by atoms with Gasteiger partial charge in [-0.2, -0.15) is 0 Å². The van der Waals surface area contributed by atoms with Gasteiger partial charge in [-0.1, -0.05) is 12.7 Å². The first-order valence-corrected chi connectivity index (χ1v) is 3.34. The first kappa shape index (κ1) is 9.08. The maximum absolute atomic E-state index is 9.20. The van der Waals surface area contributed by atoms with Crippen molar-refractivity contribution in [2.75, 3.05) is 7.05 Å². The van der Waals surface area contributed by atoms with Crippen LogP contribution in [0, 0.1) is 0 Å². The van der Waals surface area contributed by atoms with E-state index in [2.05, 4.69) is 6.58 Å². The van der Waals surface area contributed by atoms with E-state index in [1.807, 2.05) is 20.9 Å².